The van der Waals surface area contributed by atoms with E-state index in [4.69, 9.17) is 4.74 Å². The number of hydrogen-bond donors (Lipinski definition) is 1. The van der Waals surface area contributed by atoms with Crippen LogP contribution in [0.2, 0.25) is 0 Å². The third-order valence-electron chi connectivity index (χ3n) is 4.30. The highest BCUT2D eigenvalue weighted by atomic mass is 32.1. The first kappa shape index (κ1) is 19.3. The molecule has 1 fully saturated rings. The SMILES string of the molecule is CC(C)OCCCN1C(=O)C(=O)/C(=C(\O)c2ccncc2)C1c1cccs1. The molecule has 0 aliphatic carbocycles. The van der Waals surface area contributed by atoms with Crippen molar-refractivity contribution in [1.29, 1.82) is 0 Å². The molecular formula is C20H22N2O4S. The van der Waals surface area contributed by atoms with Crippen molar-refractivity contribution in [3.8, 4) is 0 Å². The number of carbonyl (C=O) groups excluding carboxylic acids is 2. The molecule has 1 saturated heterocycles. The number of likely N-dealkylation sites (tertiary alicyclic amines) is 1. The van der Waals surface area contributed by atoms with Gasteiger partial charge in [0.2, 0.25) is 0 Å². The zero-order valence-corrected chi connectivity index (χ0v) is 16.1. The van der Waals surface area contributed by atoms with Crippen LogP contribution in [0.4, 0.5) is 0 Å². The Bertz CT molecular complexity index is 831. The number of aromatic nitrogens is 1. The smallest absolute Gasteiger partial charge is 0.295 e. The van der Waals surface area contributed by atoms with Gasteiger partial charge in [-0.05, 0) is 43.8 Å². The Labute approximate surface area is 162 Å². The predicted molar refractivity (Wildman–Crippen MR) is 103 cm³/mol. The molecule has 1 unspecified atom stereocenters. The first-order valence-electron chi connectivity index (χ1n) is 8.84. The highest BCUT2D eigenvalue weighted by Crippen LogP contribution is 2.40. The van der Waals surface area contributed by atoms with Crippen molar-refractivity contribution in [1.82, 2.24) is 9.88 Å². The summed E-state index contributed by atoms with van der Waals surface area (Å²) in [4.78, 5) is 31.7. The summed E-state index contributed by atoms with van der Waals surface area (Å²) in [6.07, 6.45) is 3.80. The number of carbonyl (C=O) groups is 2. The van der Waals surface area contributed by atoms with Gasteiger partial charge in [-0.2, -0.15) is 0 Å². The third kappa shape index (κ3) is 4.09. The maximum Gasteiger partial charge on any atom is 0.295 e. The molecule has 1 amide bonds. The molecule has 1 aliphatic heterocycles. The molecule has 1 N–H and O–H groups in total. The number of Topliss-reactive ketones (excluding diaryl/α,β-unsaturated/α-hetero) is 1. The lowest BCUT2D eigenvalue weighted by molar-refractivity contribution is -0.140. The van der Waals surface area contributed by atoms with Gasteiger partial charge in [-0.3, -0.25) is 14.6 Å². The van der Waals surface area contributed by atoms with Gasteiger partial charge in [0.15, 0.2) is 0 Å². The lowest BCUT2D eigenvalue weighted by Crippen LogP contribution is -2.31. The number of aliphatic hydroxyl groups excluding tert-OH is 1. The number of ketones is 1. The summed E-state index contributed by atoms with van der Waals surface area (Å²) in [6, 6.07) is 6.39. The van der Waals surface area contributed by atoms with Crippen molar-refractivity contribution < 1.29 is 19.4 Å². The fraction of sp³-hybridized carbons (Fsp3) is 0.350. The Morgan fingerprint density at radius 1 is 1.30 bits per heavy atom. The number of hydrogen-bond acceptors (Lipinski definition) is 6. The molecule has 3 heterocycles. The average Bonchev–Trinajstić information content (AvgIpc) is 3.27. The van der Waals surface area contributed by atoms with Gasteiger partial charge in [0.05, 0.1) is 17.7 Å². The third-order valence-corrected chi connectivity index (χ3v) is 5.23. The number of aliphatic hydroxyl groups is 1. The first-order valence-corrected chi connectivity index (χ1v) is 9.72. The Balaban J connectivity index is 1.95. The van der Waals surface area contributed by atoms with E-state index in [2.05, 4.69) is 4.98 Å². The molecule has 7 heteroatoms. The van der Waals surface area contributed by atoms with E-state index in [0.717, 1.165) is 4.88 Å². The molecule has 1 aliphatic rings. The summed E-state index contributed by atoms with van der Waals surface area (Å²) in [5.41, 5.74) is 0.589. The van der Waals surface area contributed by atoms with Crippen molar-refractivity contribution in [3.05, 3.63) is 58.1 Å². The van der Waals surface area contributed by atoms with E-state index in [-0.39, 0.29) is 17.4 Å². The largest absolute Gasteiger partial charge is 0.507 e. The minimum absolute atomic E-state index is 0.111. The summed E-state index contributed by atoms with van der Waals surface area (Å²) < 4.78 is 5.54. The molecular weight excluding hydrogens is 364 g/mol. The molecule has 0 radical (unpaired) electrons. The van der Waals surface area contributed by atoms with Crippen LogP contribution < -0.4 is 0 Å². The van der Waals surface area contributed by atoms with Crippen molar-refractivity contribution in [2.75, 3.05) is 13.2 Å². The lowest BCUT2D eigenvalue weighted by atomic mass is 10.0. The number of nitrogens with zero attached hydrogens (tertiary/aromatic N) is 2. The molecule has 2 aromatic heterocycles. The van der Waals surface area contributed by atoms with Gasteiger partial charge in [0.1, 0.15) is 5.76 Å². The fourth-order valence-electron chi connectivity index (χ4n) is 3.07. The van der Waals surface area contributed by atoms with E-state index in [1.54, 1.807) is 12.1 Å². The van der Waals surface area contributed by atoms with Gasteiger partial charge in [0.25, 0.3) is 11.7 Å². The summed E-state index contributed by atoms with van der Waals surface area (Å²) in [7, 11) is 0. The number of amides is 1. The van der Waals surface area contributed by atoms with Gasteiger partial charge in [0, 0.05) is 36.0 Å². The van der Waals surface area contributed by atoms with Crippen molar-refractivity contribution in [2.45, 2.75) is 32.4 Å². The second-order valence-electron chi connectivity index (χ2n) is 6.52. The van der Waals surface area contributed by atoms with E-state index in [1.165, 1.54) is 28.6 Å². The molecule has 6 nitrogen and oxygen atoms in total. The molecule has 0 bridgehead atoms. The number of ether oxygens (including phenoxy) is 1. The Kier molecular flexibility index (Phi) is 6.03. The molecule has 0 spiro atoms. The number of pyridine rings is 1. The van der Waals surface area contributed by atoms with Crippen LogP contribution in [0.5, 0.6) is 0 Å². The van der Waals surface area contributed by atoms with Crippen molar-refractivity contribution in [2.24, 2.45) is 0 Å². The van der Waals surface area contributed by atoms with Crippen molar-refractivity contribution >= 4 is 28.8 Å². The van der Waals surface area contributed by atoms with Crippen LogP contribution in [0, 0.1) is 0 Å². The van der Waals surface area contributed by atoms with Crippen LogP contribution in [0.3, 0.4) is 0 Å². The van der Waals surface area contributed by atoms with Crippen LogP contribution in [-0.4, -0.2) is 45.9 Å². The lowest BCUT2D eigenvalue weighted by Gasteiger charge is -2.24. The average molecular weight is 386 g/mol. The van der Waals surface area contributed by atoms with Crippen LogP contribution in [0.15, 0.2) is 47.6 Å². The predicted octanol–water partition coefficient (Wildman–Crippen LogP) is 3.38. The summed E-state index contributed by atoms with van der Waals surface area (Å²) >= 11 is 1.45. The van der Waals surface area contributed by atoms with Crippen LogP contribution in [-0.2, 0) is 14.3 Å². The Morgan fingerprint density at radius 2 is 2.04 bits per heavy atom. The highest BCUT2D eigenvalue weighted by molar-refractivity contribution is 7.10. The van der Waals surface area contributed by atoms with E-state index in [0.29, 0.717) is 25.1 Å². The topological polar surface area (TPSA) is 79.7 Å². The van der Waals surface area contributed by atoms with Gasteiger partial charge in [-0.25, -0.2) is 0 Å². The quantitative estimate of drug-likeness (QED) is 0.342. The Hall–Kier alpha value is -2.51. The van der Waals surface area contributed by atoms with Gasteiger partial charge in [-0.1, -0.05) is 6.07 Å². The molecule has 27 heavy (non-hydrogen) atoms. The van der Waals surface area contributed by atoms with E-state index in [9.17, 15) is 14.7 Å². The molecule has 0 saturated carbocycles. The minimum atomic E-state index is -0.660. The van der Waals surface area contributed by atoms with Gasteiger partial charge >= 0.3 is 0 Å². The number of thiophene rings is 1. The maximum atomic E-state index is 12.7. The van der Waals surface area contributed by atoms with E-state index < -0.39 is 17.7 Å². The second kappa shape index (κ2) is 8.45. The molecule has 3 rings (SSSR count). The molecule has 1 atom stereocenters. The minimum Gasteiger partial charge on any atom is -0.507 e. The fourth-order valence-corrected chi connectivity index (χ4v) is 3.92. The normalized spacial score (nSPS) is 19.2. The zero-order valence-electron chi connectivity index (χ0n) is 15.3. The first-order chi connectivity index (χ1) is 13.0. The second-order valence-corrected chi connectivity index (χ2v) is 7.50. The highest BCUT2D eigenvalue weighted by Gasteiger charge is 2.46. The van der Waals surface area contributed by atoms with Crippen molar-refractivity contribution in [3.63, 3.8) is 0 Å². The van der Waals surface area contributed by atoms with Gasteiger partial charge < -0.3 is 14.7 Å². The maximum absolute atomic E-state index is 12.7. The zero-order chi connectivity index (χ0) is 19.4. The standard InChI is InChI=1S/C20H22N2O4S/c1-13(2)26-11-4-10-22-17(15-5-3-12-27-15)16(19(24)20(22)25)18(23)14-6-8-21-9-7-14/h3,5-9,12-13,17,23H,4,10-11H2,1-2H3/b18-16-. The van der Waals surface area contributed by atoms with Crippen LogP contribution >= 0.6 is 11.3 Å². The molecule has 142 valence electrons. The Morgan fingerprint density at radius 3 is 2.67 bits per heavy atom. The summed E-state index contributed by atoms with van der Waals surface area (Å²) in [6.45, 7) is 4.79. The summed E-state index contributed by atoms with van der Waals surface area (Å²) in [5.74, 6) is -1.42. The molecule has 2 aromatic rings. The molecule has 0 aromatic carbocycles. The van der Waals surface area contributed by atoms with Crippen LogP contribution in [0.1, 0.15) is 36.8 Å². The monoisotopic (exact) mass is 386 g/mol. The summed E-state index contributed by atoms with van der Waals surface area (Å²) in [5, 5.41) is 12.7. The van der Waals surface area contributed by atoms with E-state index in [1.807, 2.05) is 31.4 Å². The number of rotatable bonds is 7. The van der Waals surface area contributed by atoms with E-state index >= 15 is 0 Å². The van der Waals surface area contributed by atoms with Gasteiger partial charge in [-0.15, -0.1) is 11.3 Å². The van der Waals surface area contributed by atoms with Crippen LogP contribution in [0.25, 0.3) is 5.76 Å².